The summed E-state index contributed by atoms with van der Waals surface area (Å²) in [5.41, 5.74) is 2.63. The van der Waals surface area contributed by atoms with Crippen LogP contribution in [-0.4, -0.2) is 67.2 Å². The number of hydrogen-bond acceptors (Lipinski definition) is 7. The molecule has 0 saturated carbocycles. The monoisotopic (exact) mass is 382 g/mol. The van der Waals surface area contributed by atoms with Crippen LogP contribution in [0.1, 0.15) is 34.0 Å². The van der Waals surface area contributed by atoms with Gasteiger partial charge in [0.1, 0.15) is 5.75 Å². The number of rotatable bonds is 6. The van der Waals surface area contributed by atoms with Gasteiger partial charge in [0.15, 0.2) is 5.78 Å². The first-order chi connectivity index (χ1) is 13.7. The highest BCUT2D eigenvalue weighted by Gasteiger charge is 2.28. The lowest BCUT2D eigenvalue weighted by Crippen LogP contribution is -2.39. The second-order valence-corrected chi connectivity index (χ2v) is 7.24. The van der Waals surface area contributed by atoms with Gasteiger partial charge in [-0.3, -0.25) is 9.69 Å². The van der Waals surface area contributed by atoms with Gasteiger partial charge in [-0.2, -0.15) is 0 Å². The Bertz CT molecular complexity index is 819. The number of Topliss-reactive ketones (excluding diaryl/α,β-unsaturated/α-hetero) is 1. The molecule has 1 atom stereocenters. The van der Waals surface area contributed by atoms with Crippen molar-refractivity contribution in [3.05, 3.63) is 47.3 Å². The van der Waals surface area contributed by atoms with Crippen molar-refractivity contribution >= 4 is 11.7 Å². The van der Waals surface area contributed by atoms with Gasteiger partial charge in [0.25, 0.3) is 0 Å². The van der Waals surface area contributed by atoms with E-state index in [9.17, 15) is 4.79 Å². The Kier molecular flexibility index (Phi) is 5.83. The first-order valence-electron chi connectivity index (χ1n) is 9.80. The summed E-state index contributed by atoms with van der Waals surface area (Å²) in [5.74, 6) is 1.67. The third-order valence-corrected chi connectivity index (χ3v) is 5.44. The summed E-state index contributed by atoms with van der Waals surface area (Å²) < 4.78 is 10.6. The zero-order valence-electron chi connectivity index (χ0n) is 16.2. The number of benzene rings is 1. The molecule has 1 N–H and O–H groups in total. The van der Waals surface area contributed by atoms with Gasteiger partial charge in [-0.25, -0.2) is 9.97 Å². The number of ether oxygens (including phenoxy) is 2. The van der Waals surface area contributed by atoms with Gasteiger partial charge in [0.05, 0.1) is 31.6 Å². The summed E-state index contributed by atoms with van der Waals surface area (Å²) in [6.07, 6.45) is 2.91. The van der Waals surface area contributed by atoms with Crippen LogP contribution in [0.25, 0.3) is 0 Å². The van der Waals surface area contributed by atoms with Crippen LogP contribution < -0.4 is 10.1 Å². The molecule has 2 heterocycles. The number of methoxy groups -OCH3 is 1. The van der Waals surface area contributed by atoms with Crippen LogP contribution in [0.5, 0.6) is 5.75 Å². The highest BCUT2D eigenvalue weighted by atomic mass is 16.5. The van der Waals surface area contributed by atoms with E-state index in [-0.39, 0.29) is 11.7 Å². The SMILES string of the molecule is COc1ccc([C@H]2CC(=O)c3cnc(NCCN4CCOCC4)nc3C2)cc1. The molecule has 0 radical (unpaired) electrons. The molecule has 1 fully saturated rings. The lowest BCUT2D eigenvalue weighted by Gasteiger charge is -2.26. The van der Waals surface area contributed by atoms with Crippen molar-refractivity contribution in [2.75, 3.05) is 51.8 Å². The zero-order chi connectivity index (χ0) is 19.3. The van der Waals surface area contributed by atoms with Crippen molar-refractivity contribution in [3.8, 4) is 5.75 Å². The first kappa shape index (κ1) is 18.8. The molecule has 1 aromatic carbocycles. The molecule has 7 heteroatoms. The van der Waals surface area contributed by atoms with Gasteiger partial charge in [0.2, 0.25) is 5.95 Å². The van der Waals surface area contributed by atoms with Crippen molar-refractivity contribution in [2.45, 2.75) is 18.8 Å². The molecule has 4 rings (SSSR count). The second-order valence-electron chi connectivity index (χ2n) is 7.24. The van der Waals surface area contributed by atoms with Crippen LogP contribution in [0.2, 0.25) is 0 Å². The number of fused-ring (bicyclic) bond motifs is 1. The maximum atomic E-state index is 12.6. The molecular formula is C21H26N4O3. The normalized spacial score (nSPS) is 19.9. The molecule has 0 amide bonds. The Morgan fingerprint density at radius 1 is 1.21 bits per heavy atom. The molecule has 0 unspecified atom stereocenters. The average Bonchev–Trinajstić information content (AvgIpc) is 2.74. The Morgan fingerprint density at radius 3 is 2.75 bits per heavy atom. The smallest absolute Gasteiger partial charge is 0.222 e. The number of carbonyl (C=O) groups is 1. The Hall–Kier alpha value is -2.51. The molecule has 1 aromatic heterocycles. The summed E-state index contributed by atoms with van der Waals surface area (Å²) in [6, 6.07) is 7.94. The molecule has 7 nitrogen and oxygen atoms in total. The Morgan fingerprint density at radius 2 is 2.00 bits per heavy atom. The first-order valence-corrected chi connectivity index (χ1v) is 9.80. The van der Waals surface area contributed by atoms with E-state index in [2.05, 4.69) is 20.2 Å². The number of nitrogens with one attached hydrogen (secondary N) is 1. The van der Waals surface area contributed by atoms with Crippen LogP contribution >= 0.6 is 0 Å². The van der Waals surface area contributed by atoms with E-state index in [1.807, 2.05) is 24.3 Å². The zero-order valence-corrected chi connectivity index (χ0v) is 16.2. The molecule has 2 aliphatic rings. The predicted molar refractivity (Wildman–Crippen MR) is 106 cm³/mol. The summed E-state index contributed by atoms with van der Waals surface area (Å²) in [4.78, 5) is 23.9. The minimum atomic E-state index is 0.113. The van der Waals surface area contributed by atoms with E-state index in [0.29, 0.717) is 17.9 Å². The molecule has 1 aliphatic carbocycles. The maximum absolute atomic E-state index is 12.6. The molecular weight excluding hydrogens is 356 g/mol. The number of aromatic nitrogens is 2. The minimum absolute atomic E-state index is 0.113. The molecule has 2 aromatic rings. The topological polar surface area (TPSA) is 76.6 Å². The molecule has 0 spiro atoms. The molecule has 28 heavy (non-hydrogen) atoms. The van der Waals surface area contributed by atoms with E-state index in [0.717, 1.165) is 62.8 Å². The van der Waals surface area contributed by atoms with Gasteiger partial charge in [-0.15, -0.1) is 0 Å². The van der Waals surface area contributed by atoms with E-state index in [1.165, 1.54) is 0 Å². The van der Waals surface area contributed by atoms with Crippen LogP contribution in [0.4, 0.5) is 5.95 Å². The molecule has 1 aliphatic heterocycles. The highest BCUT2D eigenvalue weighted by molar-refractivity contribution is 5.98. The van der Waals surface area contributed by atoms with E-state index >= 15 is 0 Å². The van der Waals surface area contributed by atoms with Gasteiger partial charge < -0.3 is 14.8 Å². The van der Waals surface area contributed by atoms with Gasteiger partial charge in [-0.1, -0.05) is 12.1 Å². The highest BCUT2D eigenvalue weighted by Crippen LogP contribution is 2.32. The van der Waals surface area contributed by atoms with Crippen molar-refractivity contribution in [3.63, 3.8) is 0 Å². The van der Waals surface area contributed by atoms with Gasteiger partial charge >= 0.3 is 0 Å². The molecule has 0 bridgehead atoms. The fourth-order valence-corrected chi connectivity index (χ4v) is 3.79. The quantitative estimate of drug-likeness (QED) is 0.820. The third-order valence-electron chi connectivity index (χ3n) is 5.44. The standard InChI is InChI=1S/C21H26N4O3/c1-27-17-4-2-15(3-5-17)16-12-19-18(20(26)13-16)14-23-21(24-19)22-6-7-25-8-10-28-11-9-25/h2-5,14,16H,6-13H2,1H3,(H,22,23,24)/t16-/m1/s1. The van der Waals surface area contributed by atoms with E-state index in [1.54, 1.807) is 13.3 Å². The van der Waals surface area contributed by atoms with Crippen molar-refractivity contribution in [1.29, 1.82) is 0 Å². The maximum Gasteiger partial charge on any atom is 0.222 e. The number of hydrogen-bond donors (Lipinski definition) is 1. The number of carbonyl (C=O) groups excluding carboxylic acids is 1. The summed E-state index contributed by atoms with van der Waals surface area (Å²) >= 11 is 0. The number of morpholine rings is 1. The van der Waals surface area contributed by atoms with Crippen LogP contribution in [0.15, 0.2) is 30.5 Å². The Balaban J connectivity index is 1.41. The second kappa shape index (κ2) is 8.67. The predicted octanol–water partition coefficient (Wildman–Crippen LogP) is 2.14. The van der Waals surface area contributed by atoms with Crippen molar-refractivity contribution in [1.82, 2.24) is 14.9 Å². The number of anilines is 1. The fourth-order valence-electron chi connectivity index (χ4n) is 3.79. The minimum Gasteiger partial charge on any atom is -0.497 e. The number of nitrogens with zero attached hydrogens (tertiary/aromatic N) is 3. The Labute approximate surface area is 165 Å². The molecule has 1 saturated heterocycles. The summed E-state index contributed by atoms with van der Waals surface area (Å²) in [7, 11) is 1.65. The third kappa shape index (κ3) is 4.31. The lowest BCUT2D eigenvalue weighted by molar-refractivity contribution is 0.0398. The van der Waals surface area contributed by atoms with Crippen LogP contribution in [0.3, 0.4) is 0 Å². The van der Waals surface area contributed by atoms with Crippen LogP contribution in [0, 0.1) is 0 Å². The van der Waals surface area contributed by atoms with Crippen LogP contribution in [-0.2, 0) is 11.2 Å². The van der Waals surface area contributed by atoms with Gasteiger partial charge in [-0.05, 0) is 30.0 Å². The molecule has 148 valence electrons. The number of ketones is 1. The summed E-state index contributed by atoms with van der Waals surface area (Å²) in [6.45, 7) is 5.22. The van der Waals surface area contributed by atoms with Gasteiger partial charge in [0, 0.05) is 38.8 Å². The lowest BCUT2D eigenvalue weighted by atomic mass is 9.82. The van der Waals surface area contributed by atoms with Crippen molar-refractivity contribution < 1.29 is 14.3 Å². The fraction of sp³-hybridized carbons (Fsp3) is 0.476. The largest absolute Gasteiger partial charge is 0.497 e. The van der Waals surface area contributed by atoms with Crippen molar-refractivity contribution in [2.24, 2.45) is 0 Å². The average molecular weight is 382 g/mol. The summed E-state index contributed by atoms with van der Waals surface area (Å²) in [5, 5.41) is 3.29. The van der Waals surface area contributed by atoms with E-state index < -0.39 is 0 Å². The van der Waals surface area contributed by atoms with E-state index in [4.69, 9.17) is 9.47 Å².